The number of aryl methyl sites for hydroxylation is 1. The summed E-state index contributed by atoms with van der Waals surface area (Å²) >= 11 is 0. The Morgan fingerprint density at radius 1 is 1.10 bits per heavy atom. The van der Waals surface area contributed by atoms with Crippen molar-refractivity contribution in [3.05, 3.63) is 64.0 Å². The second-order valence-corrected chi connectivity index (χ2v) is 11.8. The smallest absolute Gasteiger partial charge is 0.410 e. The van der Waals surface area contributed by atoms with Crippen molar-refractivity contribution in [2.75, 3.05) is 19.6 Å². The van der Waals surface area contributed by atoms with Gasteiger partial charge in [0.25, 0.3) is 0 Å². The predicted octanol–water partition coefficient (Wildman–Crippen LogP) is 5.92. The summed E-state index contributed by atoms with van der Waals surface area (Å²) in [5.41, 5.74) is 5.86. The van der Waals surface area contributed by atoms with Crippen LogP contribution in [0.4, 0.5) is 4.79 Å². The van der Waals surface area contributed by atoms with Crippen molar-refractivity contribution < 1.29 is 14.3 Å². The minimum absolute atomic E-state index is 0.0740. The van der Waals surface area contributed by atoms with Gasteiger partial charge >= 0.3 is 6.09 Å². The lowest BCUT2D eigenvalue weighted by molar-refractivity contribution is 0.0281. The first kappa shape index (κ1) is 27.3. The van der Waals surface area contributed by atoms with Gasteiger partial charge in [0.15, 0.2) is 5.78 Å². The third-order valence-electron chi connectivity index (χ3n) is 9.09. The van der Waals surface area contributed by atoms with Crippen molar-refractivity contribution in [1.29, 1.82) is 5.26 Å². The van der Waals surface area contributed by atoms with Crippen molar-refractivity contribution >= 4 is 11.9 Å². The van der Waals surface area contributed by atoms with E-state index in [0.717, 1.165) is 69.4 Å². The van der Waals surface area contributed by atoms with Gasteiger partial charge in [-0.1, -0.05) is 0 Å². The molecule has 2 aliphatic carbocycles. The number of hydrogen-bond donors (Lipinski definition) is 0. The van der Waals surface area contributed by atoms with Crippen LogP contribution < -0.4 is 0 Å². The van der Waals surface area contributed by atoms with E-state index < -0.39 is 0 Å². The molecule has 7 nitrogen and oxygen atoms in total. The molecule has 0 radical (unpaired) electrons. The number of ether oxygens (including phenoxy) is 1. The molecule has 1 amide bonds. The van der Waals surface area contributed by atoms with Gasteiger partial charge in [0.05, 0.1) is 11.6 Å². The number of piperazine rings is 1. The van der Waals surface area contributed by atoms with Crippen molar-refractivity contribution in [3.63, 3.8) is 0 Å². The second-order valence-electron chi connectivity index (χ2n) is 11.8. The monoisotopic (exact) mass is 528 g/mol. The zero-order chi connectivity index (χ0) is 27.5. The molecule has 1 aromatic heterocycles. The van der Waals surface area contributed by atoms with E-state index in [0.29, 0.717) is 30.0 Å². The third kappa shape index (κ3) is 6.17. The summed E-state index contributed by atoms with van der Waals surface area (Å²) in [6.45, 7) is 9.12. The number of nitriles is 1. The van der Waals surface area contributed by atoms with E-state index in [1.54, 1.807) is 6.20 Å². The van der Waals surface area contributed by atoms with Crippen LogP contribution >= 0.6 is 0 Å². The number of benzene rings is 1. The first-order valence-corrected chi connectivity index (χ1v) is 14.5. The van der Waals surface area contributed by atoms with Gasteiger partial charge in [0.2, 0.25) is 0 Å². The third-order valence-corrected chi connectivity index (χ3v) is 9.09. The molecule has 0 spiro atoms. The minimum Gasteiger partial charge on any atom is -0.446 e. The van der Waals surface area contributed by atoms with Gasteiger partial charge in [0, 0.05) is 56.1 Å². The Hall–Kier alpha value is -3.24. The van der Waals surface area contributed by atoms with Crippen molar-refractivity contribution in [3.8, 4) is 6.07 Å². The highest BCUT2D eigenvalue weighted by Crippen LogP contribution is 2.46. The molecule has 3 atom stereocenters. The molecular weight excluding hydrogens is 488 g/mol. The van der Waals surface area contributed by atoms with Gasteiger partial charge in [-0.15, -0.1) is 0 Å². The quantitative estimate of drug-likeness (QED) is 0.415. The number of Topliss-reactive ketones (excluding diaryl/α,β-unsaturated/α-hetero) is 1. The van der Waals surface area contributed by atoms with E-state index in [1.807, 2.05) is 36.1 Å². The van der Waals surface area contributed by atoms with Gasteiger partial charge in [-0.05, 0) is 112 Å². The molecule has 206 valence electrons. The lowest BCUT2D eigenvalue weighted by Crippen LogP contribution is -2.54. The number of pyridine rings is 1. The van der Waals surface area contributed by atoms with Crippen LogP contribution in [-0.4, -0.2) is 58.4 Å². The SMILES string of the molecule is Cc1ccc(C(=O)C[C@H]2CCC2c2cc(C#N)cc(CN3CCN(C(=O)OC4CCCC4)[C@@H](C)C3)c2C)cn1. The Morgan fingerprint density at radius 2 is 1.90 bits per heavy atom. The van der Waals surface area contributed by atoms with E-state index in [4.69, 9.17) is 4.74 Å². The maximum absolute atomic E-state index is 12.9. The topological polar surface area (TPSA) is 86.5 Å². The fourth-order valence-electron chi connectivity index (χ4n) is 6.53. The molecule has 3 aliphatic rings. The molecule has 1 unspecified atom stereocenters. The van der Waals surface area contributed by atoms with E-state index in [2.05, 4.69) is 29.8 Å². The zero-order valence-electron chi connectivity index (χ0n) is 23.5. The normalized spacial score (nSPS) is 23.7. The second kappa shape index (κ2) is 11.9. The molecule has 1 aromatic carbocycles. The van der Waals surface area contributed by atoms with E-state index in [-0.39, 0.29) is 29.9 Å². The first-order valence-electron chi connectivity index (χ1n) is 14.5. The summed E-state index contributed by atoms with van der Waals surface area (Å²) in [6.07, 6.45) is 8.42. The Balaban J connectivity index is 1.24. The largest absolute Gasteiger partial charge is 0.446 e. The maximum Gasteiger partial charge on any atom is 0.410 e. The lowest BCUT2D eigenvalue weighted by Gasteiger charge is -2.40. The summed E-state index contributed by atoms with van der Waals surface area (Å²) in [5.74, 6) is 0.721. The van der Waals surface area contributed by atoms with Gasteiger partial charge in [-0.2, -0.15) is 5.26 Å². The van der Waals surface area contributed by atoms with Crippen molar-refractivity contribution in [2.45, 2.75) is 90.3 Å². The molecule has 2 aromatic rings. The number of carbonyl (C=O) groups is 2. The van der Waals surface area contributed by atoms with Crippen LogP contribution in [0.5, 0.6) is 0 Å². The Labute approximate surface area is 232 Å². The zero-order valence-corrected chi connectivity index (χ0v) is 23.5. The van der Waals surface area contributed by atoms with Gasteiger partial charge in [0.1, 0.15) is 6.10 Å². The maximum atomic E-state index is 12.9. The van der Waals surface area contributed by atoms with E-state index in [9.17, 15) is 14.9 Å². The average molecular weight is 529 g/mol. The summed E-state index contributed by atoms with van der Waals surface area (Å²) in [5, 5.41) is 9.81. The molecule has 39 heavy (non-hydrogen) atoms. The number of aromatic nitrogens is 1. The molecule has 1 saturated heterocycles. The number of hydrogen-bond acceptors (Lipinski definition) is 6. The first-order chi connectivity index (χ1) is 18.8. The molecule has 7 heteroatoms. The average Bonchev–Trinajstić information content (AvgIpc) is 3.42. The van der Waals surface area contributed by atoms with Crippen LogP contribution in [0.1, 0.15) is 96.1 Å². The number of carbonyl (C=O) groups excluding carboxylic acids is 2. The van der Waals surface area contributed by atoms with Crippen LogP contribution in [0.15, 0.2) is 30.5 Å². The van der Waals surface area contributed by atoms with Crippen LogP contribution in [0.25, 0.3) is 0 Å². The molecule has 5 rings (SSSR count). The Kier molecular flexibility index (Phi) is 8.32. The van der Waals surface area contributed by atoms with Crippen LogP contribution in [-0.2, 0) is 11.3 Å². The molecule has 3 fully saturated rings. The molecule has 2 saturated carbocycles. The summed E-state index contributed by atoms with van der Waals surface area (Å²) in [7, 11) is 0. The minimum atomic E-state index is -0.175. The fraction of sp³-hybridized carbons (Fsp3) is 0.562. The standard InChI is InChI=1S/C32H40N4O3/c1-21-8-9-26(18-34-21)31(37)16-25-10-11-29(25)30-15-24(17-33)14-27(23(30)3)20-35-12-13-36(22(2)19-35)32(38)39-28-6-4-5-7-28/h8-9,14-15,18,22,25,28-29H,4-7,10-13,16,19-20H2,1-3H3/t22-,25+,29?/m0/s1. The number of ketones is 1. The Bertz CT molecular complexity index is 1250. The molecule has 1 aliphatic heterocycles. The summed E-state index contributed by atoms with van der Waals surface area (Å²) < 4.78 is 5.76. The Morgan fingerprint density at radius 3 is 2.54 bits per heavy atom. The molecule has 0 N–H and O–H groups in total. The number of nitrogens with zero attached hydrogens (tertiary/aromatic N) is 4. The van der Waals surface area contributed by atoms with Gasteiger partial charge < -0.3 is 9.64 Å². The van der Waals surface area contributed by atoms with Crippen molar-refractivity contribution in [2.24, 2.45) is 5.92 Å². The van der Waals surface area contributed by atoms with Gasteiger partial charge in [-0.25, -0.2) is 4.79 Å². The van der Waals surface area contributed by atoms with Crippen LogP contribution in [0.2, 0.25) is 0 Å². The van der Waals surface area contributed by atoms with Crippen molar-refractivity contribution in [1.82, 2.24) is 14.8 Å². The lowest BCUT2D eigenvalue weighted by atomic mass is 9.66. The van der Waals surface area contributed by atoms with Crippen LogP contribution in [0, 0.1) is 31.1 Å². The summed E-state index contributed by atoms with van der Waals surface area (Å²) in [4.78, 5) is 34.2. The molecule has 0 bridgehead atoms. The number of rotatable bonds is 7. The van der Waals surface area contributed by atoms with E-state index >= 15 is 0 Å². The molecule has 2 heterocycles. The van der Waals surface area contributed by atoms with Gasteiger partial charge in [-0.3, -0.25) is 14.7 Å². The number of amides is 1. The van der Waals surface area contributed by atoms with Crippen LogP contribution in [0.3, 0.4) is 0 Å². The molecular formula is C32H40N4O3. The van der Waals surface area contributed by atoms with E-state index in [1.165, 1.54) is 11.1 Å². The summed E-state index contributed by atoms with van der Waals surface area (Å²) in [6, 6.07) is 10.2. The highest BCUT2D eigenvalue weighted by Gasteiger charge is 2.36. The fourth-order valence-corrected chi connectivity index (χ4v) is 6.53. The highest BCUT2D eigenvalue weighted by molar-refractivity contribution is 5.96. The predicted molar refractivity (Wildman–Crippen MR) is 149 cm³/mol. The highest BCUT2D eigenvalue weighted by atomic mass is 16.6.